The highest BCUT2D eigenvalue weighted by Gasteiger charge is 2.41. The van der Waals surface area contributed by atoms with E-state index in [2.05, 4.69) is 15.9 Å². The normalized spacial score (nSPS) is 26.4. The van der Waals surface area contributed by atoms with Gasteiger partial charge in [-0.15, -0.1) is 0 Å². The number of rotatable bonds is 3. The monoisotopic (exact) mass is 335 g/mol. The minimum Gasteiger partial charge on any atom is -0.330 e. The SMILES string of the molecule is NCC1(Cc2cc(F)cc(Br)c2)CCS(=O)(=O)C1. The Kier molecular flexibility index (Phi) is 3.80. The van der Waals surface area contributed by atoms with E-state index in [1.807, 2.05) is 6.07 Å². The van der Waals surface area contributed by atoms with Crippen molar-refractivity contribution in [2.45, 2.75) is 12.8 Å². The summed E-state index contributed by atoms with van der Waals surface area (Å²) in [6.45, 7) is 0.306. The molecule has 0 radical (unpaired) electrons. The fraction of sp³-hybridized carbons (Fsp3) is 0.500. The van der Waals surface area contributed by atoms with Gasteiger partial charge < -0.3 is 5.73 Å². The first-order valence-electron chi connectivity index (χ1n) is 5.70. The van der Waals surface area contributed by atoms with Gasteiger partial charge in [0.2, 0.25) is 0 Å². The lowest BCUT2D eigenvalue weighted by atomic mass is 9.81. The van der Waals surface area contributed by atoms with Crippen molar-refractivity contribution < 1.29 is 12.8 Å². The Hall–Kier alpha value is -0.460. The van der Waals surface area contributed by atoms with E-state index in [1.54, 1.807) is 0 Å². The minimum absolute atomic E-state index is 0.102. The van der Waals surface area contributed by atoms with Crippen molar-refractivity contribution in [1.82, 2.24) is 0 Å². The third-order valence-corrected chi connectivity index (χ3v) is 5.74. The summed E-state index contributed by atoms with van der Waals surface area (Å²) in [6.07, 6.45) is 1.05. The molecule has 18 heavy (non-hydrogen) atoms. The van der Waals surface area contributed by atoms with E-state index in [4.69, 9.17) is 5.73 Å². The fourth-order valence-corrected chi connectivity index (χ4v) is 5.20. The van der Waals surface area contributed by atoms with E-state index in [-0.39, 0.29) is 17.3 Å². The number of halogens is 2. The molecule has 2 N–H and O–H groups in total. The standard InChI is InChI=1S/C12H15BrFNO2S/c13-10-3-9(4-11(14)5-10)6-12(7-15)1-2-18(16,17)8-12/h3-5H,1-2,6-8,15H2. The third kappa shape index (κ3) is 3.10. The predicted molar refractivity (Wildman–Crippen MR) is 72.6 cm³/mol. The smallest absolute Gasteiger partial charge is 0.150 e. The molecule has 0 aliphatic carbocycles. The van der Waals surface area contributed by atoms with Gasteiger partial charge in [-0.3, -0.25) is 0 Å². The third-order valence-electron chi connectivity index (χ3n) is 3.40. The Morgan fingerprint density at radius 2 is 2.11 bits per heavy atom. The van der Waals surface area contributed by atoms with E-state index < -0.39 is 15.3 Å². The molecule has 1 heterocycles. The Balaban J connectivity index is 2.26. The molecule has 1 atom stereocenters. The highest BCUT2D eigenvalue weighted by molar-refractivity contribution is 9.10. The molecule has 0 amide bonds. The summed E-state index contributed by atoms with van der Waals surface area (Å²) in [5, 5.41) is 0. The first-order valence-corrected chi connectivity index (χ1v) is 8.31. The summed E-state index contributed by atoms with van der Waals surface area (Å²) in [5.74, 6) is -0.0434. The van der Waals surface area contributed by atoms with Crippen LogP contribution in [0.2, 0.25) is 0 Å². The summed E-state index contributed by atoms with van der Waals surface area (Å²) in [6, 6.07) is 4.63. The molecular weight excluding hydrogens is 321 g/mol. The van der Waals surface area contributed by atoms with Crippen LogP contribution in [0.3, 0.4) is 0 Å². The van der Waals surface area contributed by atoms with Crippen LogP contribution in [0, 0.1) is 11.2 Å². The zero-order chi connectivity index (χ0) is 13.4. The lowest BCUT2D eigenvalue weighted by molar-refractivity contribution is 0.344. The first-order chi connectivity index (χ1) is 8.34. The van der Waals surface area contributed by atoms with Gasteiger partial charge in [0, 0.05) is 9.89 Å². The van der Waals surface area contributed by atoms with Crippen LogP contribution in [0.1, 0.15) is 12.0 Å². The molecule has 0 spiro atoms. The Bertz CT molecular complexity index is 541. The lowest BCUT2D eigenvalue weighted by Gasteiger charge is -2.25. The van der Waals surface area contributed by atoms with Crippen LogP contribution < -0.4 is 5.73 Å². The lowest BCUT2D eigenvalue weighted by Crippen LogP contribution is -2.34. The average molecular weight is 336 g/mol. The number of hydrogen-bond donors (Lipinski definition) is 1. The number of sulfone groups is 1. The molecule has 6 heteroatoms. The maximum atomic E-state index is 13.3. The van der Waals surface area contributed by atoms with Gasteiger partial charge >= 0.3 is 0 Å². The second kappa shape index (κ2) is 4.90. The molecule has 1 aliphatic rings. The molecule has 3 nitrogen and oxygen atoms in total. The summed E-state index contributed by atoms with van der Waals surface area (Å²) in [4.78, 5) is 0. The number of nitrogens with two attached hydrogens (primary N) is 1. The van der Waals surface area contributed by atoms with Crippen LogP contribution in [0.5, 0.6) is 0 Å². The molecule has 1 fully saturated rings. The van der Waals surface area contributed by atoms with Crippen molar-refractivity contribution in [2.24, 2.45) is 11.1 Å². The highest BCUT2D eigenvalue weighted by atomic mass is 79.9. The van der Waals surface area contributed by atoms with Gasteiger partial charge in [0.15, 0.2) is 9.84 Å². The topological polar surface area (TPSA) is 60.2 Å². The molecule has 1 aliphatic heterocycles. The molecular formula is C12H15BrFNO2S. The van der Waals surface area contributed by atoms with E-state index in [0.717, 1.165) is 5.56 Å². The Labute approximate surface area is 115 Å². The molecule has 1 unspecified atom stereocenters. The van der Waals surface area contributed by atoms with Crippen LogP contribution >= 0.6 is 15.9 Å². The molecule has 100 valence electrons. The number of hydrogen-bond acceptors (Lipinski definition) is 3. The van der Waals surface area contributed by atoms with Crippen LogP contribution in [-0.4, -0.2) is 26.5 Å². The van der Waals surface area contributed by atoms with E-state index >= 15 is 0 Å². The van der Waals surface area contributed by atoms with Crippen LogP contribution in [0.4, 0.5) is 4.39 Å². The molecule has 0 aromatic heterocycles. The summed E-state index contributed by atoms with van der Waals surface area (Å²) in [5.41, 5.74) is 6.09. The molecule has 0 saturated carbocycles. The fourth-order valence-electron chi connectivity index (χ4n) is 2.50. The van der Waals surface area contributed by atoms with E-state index in [1.165, 1.54) is 12.1 Å². The van der Waals surface area contributed by atoms with Gasteiger partial charge in [0.1, 0.15) is 5.82 Å². The second-order valence-corrected chi connectivity index (χ2v) is 8.10. The van der Waals surface area contributed by atoms with Gasteiger partial charge in [-0.25, -0.2) is 12.8 Å². The van der Waals surface area contributed by atoms with Crippen LogP contribution in [0.15, 0.2) is 22.7 Å². The van der Waals surface area contributed by atoms with Gasteiger partial charge in [-0.05, 0) is 43.1 Å². The molecule has 1 saturated heterocycles. The maximum absolute atomic E-state index is 13.3. The Morgan fingerprint density at radius 3 is 2.61 bits per heavy atom. The second-order valence-electron chi connectivity index (χ2n) is 5.00. The van der Waals surface area contributed by atoms with Crippen molar-refractivity contribution in [3.05, 3.63) is 34.1 Å². The zero-order valence-electron chi connectivity index (χ0n) is 9.83. The summed E-state index contributed by atoms with van der Waals surface area (Å²) in [7, 11) is -2.99. The summed E-state index contributed by atoms with van der Waals surface area (Å²) >= 11 is 3.23. The first kappa shape index (κ1) is 14.0. The average Bonchev–Trinajstić information content (AvgIpc) is 2.53. The number of benzene rings is 1. The maximum Gasteiger partial charge on any atom is 0.150 e. The quantitative estimate of drug-likeness (QED) is 0.917. The van der Waals surface area contributed by atoms with Crippen molar-refractivity contribution in [1.29, 1.82) is 0 Å². The molecule has 2 rings (SSSR count). The Morgan fingerprint density at radius 1 is 1.39 bits per heavy atom. The van der Waals surface area contributed by atoms with Crippen molar-refractivity contribution in [3.8, 4) is 0 Å². The van der Waals surface area contributed by atoms with Gasteiger partial charge in [0.25, 0.3) is 0 Å². The minimum atomic E-state index is -2.99. The predicted octanol–water partition coefficient (Wildman–Crippen LogP) is 1.89. The summed E-state index contributed by atoms with van der Waals surface area (Å²) < 4.78 is 37.1. The molecule has 1 aromatic carbocycles. The van der Waals surface area contributed by atoms with Crippen molar-refractivity contribution >= 4 is 25.8 Å². The van der Waals surface area contributed by atoms with E-state index in [9.17, 15) is 12.8 Å². The highest BCUT2D eigenvalue weighted by Crippen LogP contribution is 2.35. The van der Waals surface area contributed by atoms with Crippen molar-refractivity contribution in [2.75, 3.05) is 18.1 Å². The molecule has 1 aromatic rings. The van der Waals surface area contributed by atoms with E-state index in [0.29, 0.717) is 23.9 Å². The van der Waals surface area contributed by atoms with Crippen LogP contribution in [-0.2, 0) is 16.3 Å². The largest absolute Gasteiger partial charge is 0.330 e. The van der Waals surface area contributed by atoms with Crippen LogP contribution in [0.25, 0.3) is 0 Å². The van der Waals surface area contributed by atoms with Crippen molar-refractivity contribution in [3.63, 3.8) is 0 Å². The van der Waals surface area contributed by atoms with Gasteiger partial charge in [-0.2, -0.15) is 0 Å². The van der Waals surface area contributed by atoms with Gasteiger partial charge in [0.05, 0.1) is 11.5 Å². The van der Waals surface area contributed by atoms with Gasteiger partial charge in [-0.1, -0.05) is 15.9 Å². The zero-order valence-corrected chi connectivity index (χ0v) is 12.2. The molecule has 0 bridgehead atoms.